The Morgan fingerprint density at radius 2 is 2.17 bits per heavy atom. The highest BCUT2D eigenvalue weighted by atomic mass is 32.1. The highest BCUT2D eigenvalue weighted by Gasteiger charge is 2.40. The van der Waals surface area contributed by atoms with Crippen LogP contribution in [0.25, 0.3) is 10.9 Å². The molecule has 0 spiro atoms. The number of aliphatic hydroxyl groups excluding tert-OH is 1. The van der Waals surface area contributed by atoms with Crippen LogP contribution in [-0.2, 0) is 6.61 Å². The summed E-state index contributed by atoms with van der Waals surface area (Å²) in [6.07, 6.45) is 8.83. The summed E-state index contributed by atoms with van der Waals surface area (Å²) >= 11 is 1.42. The predicted octanol–water partition coefficient (Wildman–Crippen LogP) is 3.58. The number of rotatable bonds is 7. The van der Waals surface area contributed by atoms with Crippen LogP contribution in [-0.4, -0.2) is 49.6 Å². The van der Waals surface area contributed by atoms with E-state index < -0.39 is 0 Å². The van der Waals surface area contributed by atoms with Crippen molar-refractivity contribution in [2.24, 2.45) is 0 Å². The number of aromatic amines is 1. The van der Waals surface area contributed by atoms with Crippen LogP contribution in [0, 0.1) is 11.3 Å². The van der Waals surface area contributed by atoms with Crippen LogP contribution in [0.5, 0.6) is 0 Å². The predicted molar refractivity (Wildman–Crippen MR) is 118 cm³/mol. The number of nitrogens with one attached hydrogen (secondary N) is 3. The molecule has 0 aliphatic carbocycles. The molecule has 0 amide bonds. The molecule has 2 bridgehead atoms. The number of fused-ring (bicyclic) bond motifs is 3. The van der Waals surface area contributed by atoms with Gasteiger partial charge in [0.1, 0.15) is 11.6 Å². The average molecular weight is 424 g/mol. The summed E-state index contributed by atoms with van der Waals surface area (Å²) in [5.74, 6) is 1.60. The van der Waals surface area contributed by atoms with Crippen LogP contribution in [0.15, 0.2) is 24.5 Å². The maximum Gasteiger partial charge on any atom is 0.188 e. The lowest BCUT2D eigenvalue weighted by molar-refractivity contribution is 0.136. The van der Waals surface area contributed by atoms with Gasteiger partial charge in [-0.3, -0.25) is 4.90 Å². The Bertz CT molecular complexity index is 1060. The minimum atomic E-state index is -0.00928. The van der Waals surface area contributed by atoms with Gasteiger partial charge in [0.15, 0.2) is 5.13 Å². The summed E-state index contributed by atoms with van der Waals surface area (Å²) in [5, 5.41) is 27.0. The van der Waals surface area contributed by atoms with Crippen molar-refractivity contribution < 1.29 is 5.11 Å². The molecule has 0 aromatic carbocycles. The van der Waals surface area contributed by atoms with Gasteiger partial charge in [-0.1, -0.05) is 11.3 Å². The van der Waals surface area contributed by atoms with Crippen LogP contribution < -0.4 is 10.6 Å². The smallest absolute Gasteiger partial charge is 0.188 e. The van der Waals surface area contributed by atoms with Crippen LogP contribution in [0.1, 0.15) is 37.0 Å². The fourth-order valence-electron chi connectivity index (χ4n) is 4.91. The summed E-state index contributed by atoms with van der Waals surface area (Å²) in [7, 11) is 0. The van der Waals surface area contributed by atoms with E-state index in [1.807, 2.05) is 12.3 Å². The molecule has 2 saturated heterocycles. The third kappa shape index (κ3) is 3.74. The molecule has 2 unspecified atom stereocenters. The number of hydrogen-bond acceptors (Lipinski definition) is 8. The van der Waals surface area contributed by atoms with E-state index in [0.29, 0.717) is 29.7 Å². The van der Waals surface area contributed by atoms with Gasteiger partial charge in [-0.15, -0.1) is 0 Å². The number of thiazole rings is 1. The molecule has 30 heavy (non-hydrogen) atoms. The molecule has 2 aliphatic rings. The third-order valence-corrected chi connectivity index (χ3v) is 7.10. The molecule has 0 radical (unpaired) electrons. The van der Waals surface area contributed by atoms with E-state index in [0.717, 1.165) is 46.8 Å². The summed E-state index contributed by atoms with van der Waals surface area (Å²) < 4.78 is 0. The number of nitrogens with zero attached hydrogens (tertiary/aromatic N) is 4. The standard InChI is InChI=1S/C21H25N7OS/c22-5-1-7-28-14-2-3-15(28)9-13(8-14)25-20-17-4-6-23-18(17)10-19(26-20)27-21-24-11-16(12-29)30-21/h4,6,10-11,13-15,23,29H,1-3,7-9,12H2,(H2,24,25,26,27). The molecule has 2 aliphatic heterocycles. The van der Waals surface area contributed by atoms with Gasteiger partial charge in [0, 0.05) is 54.9 Å². The van der Waals surface area contributed by atoms with Crippen molar-refractivity contribution in [3.8, 4) is 6.07 Å². The average Bonchev–Trinajstić information content (AvgIpc) is 3.45. The van der Waals surface area contributed by atoms with E-state index in [1.165, 1.54) is 24.2 Å². The number of pyridine rings is 1. The first kappa shape index (κ1) is 19.3. The largest absolute Gasteiger partial charge is 0.391 e. The van der Waals surface area contributed by atoms with Gasteiger partial charge >= 0.3 is 0 Å². The molecule has 9 heteroatoms. The van der Waals surface area contributed by atoms with Gasteiger partial charge < -0.3 is 20.7 Å². The maximum atomic E-state index is 9.26. The first-order valence-corrected chi connectivity index (χ1v) is 11.2. The molecule has 2 atom stereocenters. The van der Waals surface area contributed by atoms with Gasteiger partial charge in [0.05, 0.1) is 23.1 Å². The van der Waals surface area contributed by atoms with E-state index in [1.54, 1.807) is 6.20 Å². The van der Waals surface area contributed by atoms with Crippen molar-refractivity contribution in [1.82, 2.24) is 19.9 Å². The van der Waals surface area contributed by atoms with Gasteiger partial charge in [0.2, 0.25) is 0 Å². The van der Waals surface area contributed by atoms with Crippen LogP contribution in [0.4, 0.5) is 16.8 Å². The second-order valence-electron chi connectivity index (χ2n) is 8.05. The summed E-state index contributed by atoms with van der Waals surface area (Å²) in [6.45, 7) is 0.881. The summed E-state index contributed by atoms with van der Waals surface area (Å²) in [5.41, 5.74) is 1.02. The zero-order chi connectivity index (χ0) is 20.5. The topological polar surface area (TPSA) is 113 Å². The number of nitriles is 1. The number of anilines is 3. The fourth-order valence-corrected chi connectivity index (χ4v) is 5.59. The minimum absolute atomic E-state index is 0.00928. The SMILES string of the molecule is N#CCCN1C2CCC1CC(Nc1nc(Nc3ncc(CO)s3)cc3[nH]ccc13)C2. The van der Waals surface area contributed by atoms with Crippen LogP contribution in [0.2, 0.25) is 0 Å². The molecule has 156 valence electrons. The Kier molecular flexibility index (Phi) is 5.29. The molecule has 8 nitrogen and oxygen atoms in total. The molecule has 4 N–H and O–H groups in total. The zero-order valence-corrected chi connectivity index (χ0v) is 17.5. The molecular formula is C21H25N7OS. The van der Waals surface area contributed by atoms with Crippen molar-refractivity contribution in [3.63, 3.8) is 0 Å². The second kappa shape index (κ2) is 8.22. The molecule has 5 rings (SSSR count). The second-order valence-corrected chi connectivity index (χ2v) is 9.17. The van der Waals surface area contributed by atoms with Crippen molar-refractivity contribution in [1.29, 1.82) is 5.26 Å². The molecular weight excluding hydrogens is 398 g/mol. The molecule has 2 fully saturated rings. The lowest BCUT2D eigenvalue weighted by Crippen LogP contribution is -2.47. The molecule has 0 saturated carbocycles. The van der Waals surface area contributed by atoms with Crippen molar-refractivity contribution >= 4 is 39.0 Å². The monoisotopic (exact) mass is 423 g/mol. The quantitative estimate of drug-likeness (QED) is 0.459. The first-order chi connectivity index (χ1) is 14.7. The first-order valence-electron chi connectivity index (χ1n) is 10.4. The number of aliphatic hydroxyl groups is 1. The Morgan fingerprint density at radius 1 is 1.33 bits per heavy atom. The molecule has 3 aromatic rings. The molecule has 5 heterocycles. The van der Waals surface area contributed by atoms with E-state index in [4.69, 9.17) is 10.2 Å². The lowest BCUT2D eigenvalue weighted by atomic mass is 9.97. The normalized spacial score (nSPS) is 23.5. The third-order valence-electron chi connectivity index (χ3n) is 6.20. The van der Waals surface area contributed by atoms with E-state index in [2.05, 4.69) is 37.6 Å². The lowest BCUT2D eigenvalue weighted by Gasteiger charge is -2.39. The Balaban J connectivity index is 1.34. The van der Waals surface area contributed by atoms with Gasteiger partial charge in [-0.05, 0) is 31.7 Å². The van der Waals surface area contributed by atoms with E-state index >= 15 is 0 Å². The van der Waals surface area contributed by atoms with Crippen LogP contribution in [0.3, 0.4) is 0 Å². The zero-order valence-electron chi connectivity index (χ0n) is 16.6. The van der Waals surface area contributed by atoms with Crippen molar-refractivity contribution in [2.45, 2.75) is 56.8 Å². The minimum Gasteiger partial charge on any atom is -0.391 e. The maximum absolute atomic E-state index is 9.26. The highest BCUT2D eigenvalue weighted by Crippen LogP contribution is 2.37. The molecule has 3 aromatic heterocycles. The van der Waals surface area contributed by atoms with Crippen molar-refractivity contribution in [2.75, 3.05) is 17.2 Å². The summed E-state index contributed by atoms with van der Waals surface area (Å²) in [4.78, 5) is 15.8. The number of hydrogen-bond donors (Lipinski definition) is 4. The van der Waals surface area contributed by atoms with E-state index in [9.17, 15) is 5.11 Å². The Hall–Kier alpha value is -2.67. The van der Waals surface area contributed by atoms with Gasteiger partial charge in [0.25, 0.3) is 0 Å². The number of H-pyrrole nitrogens is 1. The van der Waals surface area contributed by atoms with E-state index in [-0.39, 0.29) is 6.61 Å². The van der Waals surface area contributed by atoms with Gasteiger partial charge in [-0.25, -0.2) is 9.97 Å². The van der Waals surface area contributed by atoms with Gasteiger partial charge in [-0.2, -0.15) is 5.26 Å². The highest BCUT2D eigenvalue weighted by molar-refractivity contribution is 7.15. The van der Waals surface area contributed by atoms with Crippen molar-refractivity contribution in [3.05, 3.63) is 29.4 Å². The number of piperidine rings is 1. The Labute approximate surface area is 179 Å². The number of aromatic nitrogens is 3. The Morgan fingerprint density at radius 3 is 2.90 bits per heavy atom. The van der Waals surface area contributed by atoms with Crippen LogP contribution >= 0.6 is 11.3 Å². The summed E-state index contributed by atoms with van der Waals surface area (Å²) in [6, 6.07) is 7.82. The fraction of sp³-hybridized carbons (Fsp3) is 0.476.